The molecule has 0 atom stereocenters. The van der Waals surface area contributed by atoms with Crippen LogP contribution in [0.5, 0.6) is 0 Å². The number of aromatic nitrogens is 4. The molecule has 0 radical (unpaired) electrons. The summed E-state index contributed by atoms with van der Waals surface area (Å²) in [7, 11) is 0. The zero-order valence-corrected chi connectivity index (χ0v) is 13.1. The molecule has 3 aromatic rings. The first-order valence-corrected chi connectivity index (χ1v) is 8.08. The van der Waals surface area contributed by atoms with Gasteiger partial charge in [0.25, 0.3) is 5.91 Å². The Morgan fingerprint density at radius 2 is 1.91 bits per heavy atom. The van der Waals surface area contributed by atoms with Crippen LogP contribution in [0.2, 0.25) is 0 Å². The van der Waals surface area contributed by atoms with Crippen molar-refractivity contribution in [3.63, 3.8) is 0 Å². The van der Waals surface area contributed by atoms with Gasteiger partial charge in [-0.15, -0.1) is 22.0 Å². The molecule has 0 saturated carbocycles. The lowest BCUT2D eigenvalue weighted by Crippen LogP contribution is -2.25. The van der Waals surface area contributed by atoms with Crippen molar-refractivity contribution in [2.45, 2.75) is 4.90 Å². The van der Waals surface area contributed by atoms with Gasteiger partial charge in [0.15, 0.2) is 0 Å². The van der Waals surface area contributed by atoms with Crippen molar-refractivity contribution in [2.24, 2.45) is 0 Å². The number of carbonyl (C=O) groups excluding carboxylic acids is 1. The zero-order chi connectivity index (χ0) is 15.9. The smallest absolute Gasteiger partial charge is 0.251 e. The van der Waals surface area contributed by atoms with Crippen molar-refractivity contribution in [3.05, 3.63) is 66.9 Å². The molecule has 0 aliphatic heterocycles. The Morgan fingerprint density at radius 3 is 2.70 bits per heavy atom. The summed E-state index contributed by atoms with van der Waals surface area (Å²) in [6, 6.07) is 13.5. The van der Waals surface area contributed by atoms with Crippen molar-refractivity contribution < 1.29 is 4.79 Å². The second-order valence-corrected chi connectivity index (χ2v) is 5.86. The maximum atomic E-state index is 12.2. The average Bonchev–Trinajstić information content (AvgIpc) is 3.14. The fourth-order valence-electron chi connectivity index (χ4n) is 1.97. The summed E-state index contributed by atoms with van der Waals surface area (Å²) in [5.41, 5.74) is 0.563. The van der Waals surface area contributed by atoms with Gasteiger partial charge in [0, 0.05) is 29.0 Å². The number of carbonyl (C=O) groups is 1. The fourth-order valence-corrected chi connectivity index (χ4v) is 2.76. The molecule has 3 rings (SSSR count). The van der Waals surface area contributed by atoms with Gasteiger partial charge in [-0.05, 0) is 24.3 Å². The van der Waals surface area contributed by atoms with Gasteiger partial charge in [-0.2, -0.15) is 0 Å². The number of amides is 1. The van der Waals surface area contributed by atoms with E-state index in [1.165, 1.54) is 4.90 Å². The molecule has 23 heavy (non-hydrogen) atoms. The van der Waals surface area contributed by atoms with E-state index in [2.05, 4.69) is 32.6 Å². The third-order valence-corrected chi connectivity index (χ3v) is 4.10. The van der Waals surface area contributed by atoms with Crippen LogP contribution in [0.3, 0.4) is 0 Å². The summed E-state index contributed by atoms with van der Waals surface area (Å²) in [5.74, 6) is 1.32. The number of rotatable bonds is 6. The van der Waals surface area contributed by atoms with Crippen LogP contribution in [0.4, 0.5) is 0 Å². The molecular formula is C16H15N5OS. The standard InChI is InChI=1S/C16H15N5OS/c22-16(18-8-9-23-14-4-2-1-3-5-14)13-6-7-17-15(10-13)21-11-19-20-12-21/h1-7,10-12H,8-9H2,(H,18,22). The summed E-state index contributed by atoms with van der Waals surface area (Å²) in [6.07, 6.45) is 4.68. The number of pyridine rings is 1. The van der Waals surface area contributed by atoms with Gasteiger partial charge in [-0.3, -0.25) is 9.36 Å². The van der Waals surface area contributed by atoms with E-state index in [1.54, 1.807) is 47.3 Å². The molecule has 0 aliphatic carbocycles. The molecule has 0 unspecified atom stereocenters. The Balaban J connectivity index is 1.53. The van der Waals surface area contributed by atoms with Gasteiger partial charge in [-0.25, -0.2) is 4.98 Å². The Labute approximate surface area is 138 Å². The highest BCUT2D eigenvalue weighted by atomic mass is 32.2. The van der Waals surface area contributed by atoms with E-state index in [0.717, 1.165) is 5.75 Å². The van der Waals surface area contributed by atoms with E-state index < -0.39 is 0 Å². The largest absolute Gasteiger partial charge is 0.351 e. The van der Waals surface area contributed by atoms with Crippen molar-refractivity contribution in [3.8, 4) is 5.82 Å². The first-order valence-electron chi connectivity index (χ1n) is 7.10. The maximum Gasteiger partial charge on any atom is 0.251 e. The van der Waals surface area contributed by atoms with Gasteiger partial charge >= 0.3 is 0 Å². The highest BCUT2D eigenvalue weighted by molar-refractivity contribution is 7.99. The summed E-state index contributed by atoms with van der Waals surface area (Å²) in [4.78, 5) is 17.6. The Bertz CT molecular complexity index is 761. The molecule has 0 spiro atoms. The van der Waals surface area contributed by atoms with Crippen LogP contribution in [0, 0.1) is 0 Å². The lowest BCUT2D eigenvalue weighted by molar-refractivity contribution is 0.0956. The van der Waals surface area contributed by atoms with Crippen LogP contribution in [0.15, 0.2) is 66.2 Å². The lowest BCUT2D eigenvalue weighted by atomic mass is 10.2. The number of nitrogens with zero attached hydrogens (tertiary/aromatic N) is 4. The van der Waals surface area contributed by atoms with Crippen LogP contribution in [0.25, 0.3) is 5.82 Å². The summed E-state index contributed by atoms with van der Waals surface area (Å²) < 4.78 is 1.65. The van der Waals surface area contributed by atoms with Crippen molar-refractivity contribution in [2.75, 3.05) is 12.3 Å². The van der Waals surface area contributed by atoms with E-state index in [1.807, 2.05) is 18.2 Å². The molecule has 0 fully saturated rings. The van der Waals surface area contributed by atoms with Crippen LogP contribution >= 0.6 is 11.8 Å². The molecule has 0 aliphatic rings. The number of benzene rings is 1. The van der Waals surface area contributed by atoms with E-state index in [4.69, 9.17) is 0 Å². The third-order valence-electron chi connectivity index (χ3n) is 3.09. The number of hydrogen-bond acceptors (Lipinski definition) is 5. The molecule has 1 aromatic carbocycles. The molecular weight excluding hydrogens is 310 g/mol. The number of hydrogen-bond donors (Lipinski definition) is 1. The molecule has 2 aromatic heterocycles. The van der Waals surface area contributed by atoms with Crippen LogP contribution in [-0.2, 0) is 0 Å². The van der Waals surface area contributed by atoms with Crippen molar-refractivity contribution in [1.29, 1.82) is 0 Å². The predicted octanol–water partition coefficient (Wildman–Crippen LogP) is 2.18. The highest BCUT2D eigenvalue weighted by Crippen LogP contribution is 2.15. The van der Waals surface area contributed by atoms with Crippen molar-refractivity contribution >= 4 is 17.7 Å². The van der Waals surface area contributed by atoms with Crippen molar-refractivity contribution in [1.82, 2.24) is 25.1 Å². The Morgan fingerprint density at radius 1 is 1.13 bits per heavy atom. The average molecular weight is 325 g/mol. The highest BCUT2D eigenvalue weighted by Gasteiger charge is 2.07. The molecule has 116 valence electrons. The maximum absolute atomic E-state index is 12.2. The predicted molar refractivity (Wildman–Crippen MR) is 88.7 cm³/mol. The molecule has 0 bridgehead atoms. The second kappa shape index (κ2) is 7.55. The normalized spacial score (nSPS) is 10.4. The topological polar surface area (TPSA) is 72.7 Å². The minimum Gasteiger partial charge on any atom is -0.351 e. The third kappa shape index (κ3) is 4.17. The minimum absolute atomic E-state index is 0.115. The van der Waals surface area contributed by atoms with Gasteiger partial charge < -0.3 is 5.32 Å². The monoisotopic (exact) mass is 325 g/mol. The van der Waals surface area contributed by atoms with E-state index in [-0.39, 0.29) is 5.91 Å². The Kier molecular flexibility index (Phi) is 5.00. The van der Waals surface area contributed by atoms with Gasteiger partial charge in [0.1, 0.15) is 18.5 Å². The van der Waals surface area contributed by atoms with Gasteiger partial charge in [0.2, 0.25) is 0 Å². The number of nitrogens with one attached hydrogen (secondary N) is 1. The summed E-state index contributed by atoms with van der Waals surface area (Å²) >= 11 is 1.71. The second-order valence-electron chi connectivity index (χ2n) is 4.69. The fraction of sp³-hybridized carbons (Fsp3) is 0.125. The zero-order valence-electron chi connectivity index (χ0n) is 12.3. The summed E-state index contributed by atoms with van der Waals surface area (Å²) in [6.45, 7) is 0.600. The molecule has 0 saturated heterocycles. The lowest BCUT2D eigenvalue weighted by Gasteiger charge is -2.06. The van der Waals surface area contributed by atoms with E-state index >= 15 is 0 Å². The van der Waals surface area contributed by atoms with Crippen LogP contribution < -0.4 is 5.32 Å². The quantitative estimate of drug-likeness (QED) is 0.555. The van der Waals surface area contributed by atoms with Gasteiger partial charge in [-0.1, -0.05) is 18.2 Å². The number of thioether (sulfide) groups is 1. The van der Waals surface area contributed by atoms with Gasteiger partial charge in [0.05, 0.1) is 0 Å². The summed E-state index contributed by atoms with van der Waals surface area (Å²) in [5, 5.41) is 10.4. The van der Waals surface area contributed by atoms with E-state index in [9.17, 15) is 4.79 Å². The Hall–Kier alpha value is -2.67. The molecule has 6 nitrogen and oxygen atoms in total. The first kappa shape index (κ1) is 15.2. The molecule has 1 N–H and O–H groups in total. The van der Waals surface area contributed by atoms with Crippen LogP contribution in [0.1, 0.15) is 10.4 Å². The minimum atomic E-state index is -0.115. The molecule has 1 amide bonds. The molecule has 7 heteroatoms. The first-order chi connectivity index (χ1) is 11.3. The molecule has 2 heterocycles. The van der Waals surface area contributed by atoms with Crippen LogP contribution in [-0.4, -0.2) is 38.0 Å². The SMILES string of the molecule is O=C(NCCSc1ccccc1)c1ccnc(-n2cnnc2)c1. The van der Waals surface area contributed by atoms with E-state index in [0.29, 0.717) is 17.9 Å².